The van der Waals surface area contributed by atoms with E-state index in [1.165, 1.54) is 17.6 Å². The van der Waals surface area contributed by atoms with E-state index in [9.17, 15) is 9.18 Å². The molecule has 19 heavy (non-hydrogen) atoms. The second-order valence-electron chi connectivity index (χ2n) is 3.35. The summed E-state index contributed by atoms with van der Waals surface area (Å²) in [6.45, 7) is -0.338. The normalized spacial score (nSPS) is 9.58. The number of rotatable bonds is 2. The number of halogens is 1. The molecule has 0 aliphatic heterocycles. The fourth-order valence-corrected chi connectivity index (χ4v) is 1.78. The Morgan fingerprint density at radius 2 is 2.37 bits per heavy atom. The van der Waals surface area contributed by atoms with Crippen molar-refractivity contribution in [1.29, 1.82) is 0 Å². The van der Waals surface area contributed by atoms with Gasteiger partial charge in [0.2, 0.25) is 5.13 Å². The molecular weight excluding hydrogens is 269 g/mol. The molecule has 7 heteroatoms. The van der Waals surface area contributed by atoms with E-state index >= 15 is 0 Å². The van der Waals surface area contributed by atoms with Gasteiger partial charge in [-0.3, -0.25) is 10.1 Å². The van der Waals surface area contributed by atoms with Gasteiger partial charge in [-0.15, -0.1) is 10.2 Å². The molecular formula is C12H8FN3O2S. The van der Waals surface area contributed by atoms with E-state index in [1.807, 2.05) is 0 Å². The van der Waals surface area contributed by atoms with Gasteiger partial charge >= 0.3 is 0 Å². The summed E-state index contributed by atoms with van der Waals surface area (Å²) in [4.78, 5) is 12.0. The molecule has 2 aromatic rings. The highest BCUT2D eigenvalue weighted by molar-refractivity contribution is 7.13. The summed E-state index contributed by atoms with van der Waals surface area (Å²) >= 11 is 1.15. The maximum Gasteiger partial charge on any atom is 0.258 e. The van der Waals surface area contributed by atoms with Gasteiger partial charge in [-0.1, -0.05) is 23.2 Å². The summed E-state index contributed by atoms with van der Waals surface area (Å²) in [6.07, 6.45) is 0. The number of aromatic nitrogens is 2. The summed E-state index contributed by atoms with van der Waals surface area (Å²) in [6, 6.07) is 3.66. The molecule has 0 saturated heterocycles. The Balaban J connectivity index is 2.31. The van der Waals surface area contributed by atoms with Crippen molar-refractivity contribution in [3.63, 3.8) is 0 Å². The van der Waals surface area contributed by atoms with E-state index in [0.717, 1.165) is 17.4 Å². The van der Waals surface area contributed by atoms with Gasteiger partial charge < -0.3 is 5.11 Å². The van der Waals surface area contributed by atoms with Crippen LogP contribution in [0, 0.1) is 17.7 Å². The van der Waals surface area contributed by atoms with Crippen LogP contribution < -0.4 is 5.32 Å². The van der Waals surface area contributed by atoms with E-state index in [2.05, 4.69) is 27.4 Å². The fourth-order valence-electron chi connectivity index (χ4n) is 1.34. The second-order valence-corrected chi connectivity index (χ2v) is 4.18. The zero-order valence-corrected chi connectivity index (χ0v) is 10.4. The van der Waals surface area contributed by atoms with Crippen molar-refractivity contribution in [1.82, 2.24) is 10.2 Å². The molecule has 2 rings (SSSR count). The van der Waals surface area contributed by atoms with E-state index < -0.39 is 11.7 Å². The van der Waals surface area contributed by atoms with Crippen molar-refractivity contribution >= 4 is 22.4 Å². The zero-order chi connectivity index (χ0) is 13.7. The van der Waals surface area contributed by atoms with Crippen molar-refractivity contribution in [2.45, 2.75) is 0 Å². The number of carbonyl (C=O) groups is 1. The molecule has 0 radical (unpaired) electrons. The zero-order valence-electron chi connectivity index (χ0n) is 9.55. The molecule has 1 aromatic carbocycles. The Labute approximate surface area is 112 Å². The van der Waals surface area contributed by atoms with Gasteiger partial charge in [-0.05, 0) is 18.2 Å². The molecule has 1 heterocycles. The number of hydrogen-bond donors (Lipinski definition) is 2. The number of carbonyl (C=O) groups excluding carboxylic acids is 1. The number of benzene rings is 1. The quantitative estimate of drug-likeness (QED) is 0.811. The van der Waals surface area contributed by atoms with Crippen molar-refractivity contribution in [3.8, 4) is 11.8 Å². The second kappa shape index (κ2) is 6.04. The van der Waals surface area contributed by atoms with Gasteiger partial charge in [0.1, 0.15) is 17.9 Å². The summed E-state index contributed by atoms with van der Waals surface area (Å²) in [5.74, 6) is 3.93. The molecule has 0 atom stereocenters. The summed E-state index contributed by atoms with van der Waals surface area (Å²) in [7, 11) is 0. The number of aliphatic hydroxyl groups is 1. The number of aliphatic hydroxyl groups excluding tert-OH is 1. The molecule has 0 bridgehead atoms. The van der Waals surface area contributed by atoms with Crippen LogP contribution in [0.5, 0.6) is 0 Å². The Bertz CT molecular complexity index is 647. The fraction of sp³-hybridized carbons (Fsp3) is 0.0833. The van der Waals surface area contributed by atoms with Gasteiger partial charge in [0.15, 0.2) is 0 Å². The highest BCUT2D eigenvalue weighted by Gasteiger charge is 2.13. The minimum atomic E-state index is -0.544. The SMILES string of the molecule is O=C(Nc1nncs1)c1cc(F)ccc1C#CCO. The number of anilines is 1. The Hall–Kier alpha value is -2.30. The van der Waals surface area contributed by atoms with Crippen LogP contribution in [0.25, 0.3) is 0 Å². The van der Waals surface area contributed by atoms with E-state index in [0.29, 0.717) is 10.7 Å². The average molecular weight is 277 g/mol. The predicted molar refractivity (Wildman–Crippen MR) is 68.2 cm³/mol. The maximum absolute atomic E-state index is 13.2. The highest BCUT2D eigenvalue weighted by Crippen LogP contribution is 2.14. The smallest absolute Gasteiger partial charge is 0.258 e. The largest absolute Gasteiger partial charge is 0.384 e. The third-order valence-electron chi connectivity index (χ3n) is 2.11. The number of nitrogens with one attached hydrogen (secondary N) is 1. The van der Waals surface area contributed by atoms with Gasteiger partial charge in [0.25, 0.3) is 5.91 Å². The summed E-state index contributed by atoms with van der Waals surface area (Å²) < 4.78 is 13.2. The standard InChI is InChI=1S/C12H8FN3O2S/c13-9-4-3-8(2-1-5-17)10(6-9)11(18)15-12-16-14-7-19-12/h3-4,6-7,17H,5H2,(H,15,16,18). The number of nitrogens with zero attached hydrogens (tertiary/aromatic N) is 2. The third kappa shape index (κ3) is 3.34. The topological polar surface area (TPSA) is 75.1 Å². The van der Waals surface area contributed by atoms with Crippen LogP contribution in [0.2, 0.25) is 0 Å². The van der Waals surface area contributed by atoms with Gasteiger partial charge in [-0.2, -0.15) is 0 Å². The van der Waals surface area contributed by atoms with Crippen molar-refractivity contribution in [2.24, 2.45) is 0 Å². The first-order chi connectivity index (χ1) is 9.20. The van der Waals surface area contributed by atoms with E-state index in [-0.39, 0.29) is 12.2 Å². The van der Waals surface area contributed by atoms with Gasteiger partial charge in [0.05, 0.1) is 5.56 Å². The maximum atomic E-state index is 13.2. The molecule has 0 aliphatic rings. The van der Waals surface area contributed by atoms with Crippen molar-refractivity contribution in [3.05, 3.63) is 40.7 Å². The summed E-state index contributed by atoms with van der Waals surface area (Å²) in [5, 5.41) is 18.7. The Kier molecular flexibility index (Phi) is 4.18. The minimum Gasteiger partial charge on any atom is -0.384 e. The van der Waals surface area contributed by atoms with Crippen LogP contribution in [0.4, 0.5) is 9.52 Å². The van der Waals surface area contributed by atoms with Gasteiger partial charge in [0, 0.05) is 5.56 Å². The van der Waals surface area contributed by atoms with E-state index in [4.69, 9.17) is 5.11 Å². The molecule has 0 spiro atoms. The molecule has 0 fully saturated rings. The lowest BCUT2D eigenvalue weighted by Crippen LogP contribution is -2.13. The highest BCUT2D eigenvalue weighted by atomic mass is 32.1. The lowest BCUT2D eigenvalue weighted by Gasteiger charge is -2.04. The first kappa shape index (κ1) is 13.1. The average Bonchev–Trinajstić information content (AvgIpc) is 2.90. The van der Waals surface area contributed by atoms with Crippen molar-refractivity contribution in [2.75, 3.05) is 11.9 Å². The molecule has 1 aromatic heterocycles. The van der Waals surface area contributed by atoms with Crippen molar-refractivity contribution < 1.29 is 14.3 Å². The monoisotopic (exact) mass is 277 g/mol. The molecule has 5 nitrogen and oxygen atoms in total. The molecule has 1 amide bonds. The van der Waals surface area contributed by atoms with Crippen LogP contribution >= 0.6 is 11.3 Å². The predicted octanol–water partition coefficient (Wildman–Crippen LogP) is 1.27. The Morgan fingerprint density at radius 1 is 1.53 bits per heavy atom. The van der Waals surface area contributed by atoms with Crippen LogP contribution in [-0.2, 0) is 0 Å². The van der Waals surface area contributed by atoms with Crippen LogP contribution in [-0.4, -0.2) is 27.8 Å². The summed E-state index contributed by atoms with van der Waals surface area (Å²) in [5.41, 5.74) is 1.88. The van der Waals surface area contributed by atoms with Crippen LogP contribution in [0.15, 0.2) is 23.7 Å². The number of amides is 1. The lowest BCUT2D eigenvalue weighted by atomic mass is 10.1. The first-order valence-electron chi connectivity index (χ1n) is 5.17. The number of hydrogen-bond acceptors (Lipinski definition) is 5. The molecule has 96 valence electrons. The minimum absolute atomic E-state index is 0.0798. The Morgan fingerprint density at radius 3 is 3.05 bits per heavy atom. The van der Waals surface area contributed by atoms with Crippen LogP contribution in [0.1, 0.15) is 15.9 Å². The molecule has 2 N–H and O–H groups in total. The molecule has 0 aliphatic carbocycles. The molecule has 0 unspecified atom stereocenters. The third-order valence-corrected chi connectivity index (χ3v) is 2.72. The first-order valence-corrected chi connectivity index (χ1v) is 6.05. The van der Waals surface area contributed by atoms with E-state index in [1.54, 1.807) is 0 Å². The van der Waals surface area contributed by atoms with Gasteiger partial charge in [-0.25, -0.2) is 4.39 Å². The molecule has 0 saturated carbocycles. The van der Waals surface area contributed by atoms with Crippen LogP contribution in [0.3, 0.4) is 0 Å². The lowest BCUT2D eigenvalue weighted by molar-refractivity contribution is 0.102.